The summed E-state index contributed by atoms with van der Waals surface area (Å²) >= 11 is 0. The molecule has 0 bridgehead atoms. The van der Waals surface area contributed by atoms with Gasteiger partial charge in [-0.05, 0) is 24.3 Å². The first-order valence-electron chi connectivity index (χ1n) is 9.69. The van der Waals surface area contributed by atoms with Crippen LogP contribution in [-0.2, 0) is 14.3 Å². The van der Waals surface area contributed by atoms with Crippen LogP contribution in [0.3, 0.4) is 0 Å². The third kappa shape index (κ3) is 3.93. The molecule has 2 aromatic carbocycles. The molecule has 2 amide bonds. The average Bonchev–Trinajstić information content (AvgIpc) is 3.16. The fraction of sp³-hybridized carbons (Fsp3) is 0.318. The van der Waals surface area contributed by atoms with E-state index in [9.17, 15) is 14.9 Å². The highest BCUT2D eigenvalue weighted by molar-refractivity contribution is 6.05. The second kappa shape index (κ2) is 8.33. The molecule has 4 rings (SSSR count). The van der Waals surface area contributed by atoms with Gasteiger partial charge in [0.25, 0.3) is 0 Å². The summed E-state index contributed by atoms with van der Waals surface area (Å²) in [6.45, 7) is 3.18. The number of amides is 2. The van der Waals surface area contributed by atoms with E-state index in [0.29, 0.717) is 31.0 Å². The zero-order chi connectivity index (χ0) is 20.2. The van der Waals surface area contributed by atoms with Gasteiger partial charge in [-0.1, -0.05) is 24.3 Å². The quantitative estimate of drug-likeness (QED) is 0.866. The Morgan fingerprint density at radius 2 is 1.76 bits per heavy atom. The maximum atomic E-state index is 12.8. The summed E-state index contributed by atoms with van der Waals surface area (Å²) < 4.78 is 5.43. The number of nitriles is 1. The lowest BCUT2D eigenvalue weighted by atomic mass is 10.1. The number of carbonyl (C=O) groups excluding carboxylic acids is 2. The van der Waals surface area contributed by atoms with Crippen LogP contribution in [0.2, 0.25) is 0 Å². The van der Waals surface area contributed by atoms with E-state index in [4.69, 9.17) is 4.74 Å². The van der Waals surface area contributed by atoms with Crippen molar-refractivity contribution >= 4 is 28.9 Å². The van der Waals surface area contributed by atoms with Crippen molar-refractivity contribution in [3.8, 4) is 6.07 Å². The minimum Gasteiger partial charge on any atom is -0.378 e. The summed E-state index contributed by atoms with van der Waals surface area (Å²) in [5.74, 6) is -0.779. The van der Waals surface area contributed by atoms with Crippen LogP contribution in [0.1, 0.15) is 12.0 Å². The lowest BCUT2D eigenvalue weighted by Crippen LogP contribution is -2.38. The van der Waals surface area contributed by atoms with Crippen molar-refractivity contribution in [3.63, 3.8) is 0 Å². The molecule has 148 valence electrons. The monoisotopic (exact) mass is 390 g/mol. The maximum Gasteiger partial charge on any atom is 0.229 e. The molecule has 0 aliphatic carbocycles. The molecular weight excluding hydrogens is 368 g/mol. The van der Waals surface area contributed by atoms with Gasteiger partial charge in [0.1, 0.15) is 6.07 Å². The lowest BCUT2D eigenvalue weighted by molar-refractivity contribution is -0.122. The van der Waals surface area contributed by atoms with Crippen molar-refractivity contribution in [1.29, 1.82) is 5.26 Å². The number of nitrogens with one attached hydrogen (secondary N) is 1. The fourth-order valence-corrected chi connectivity index (χ4v) is 3.80. The molecule has 2 heterocycles. The summed E-state index contributed by atoms with van der Waals surface area (Å²) in [6.07, 6.45) is 0.151. The molecular formula is C22H22N4O3. The Kier molecular flexibility index (Phi) is 5.45. The summed E-state index contributed by atoms with van der Waals surface area (Å²) in [6, 6.07) is 16.7. The number of hydrogen-bond donors (Lipinski definition) is 1. The van der Waals surface area contributed by atoms with Crippen molar-refractivity contribution in [2.45, 2.75) is 6.42 Å². The normalized spacial score (nSPS) is 19.1. The molecule has 2 aliphatic rings. The van der Waals surface area contributed by atoms with E-state index in [1.54, 1.807) is 29.2 Å². The molecule has 2 fully saturated rings. The Bertz CT molecular complexity index is 963. The van der Waals surface area contributed by atoms with Gasteiger partial charge in [0.15, 0.2) is 0 Å². The molecule has 29 heavy (non-hydrogen) atoms. The van der Waals surface area contributed by atoms with Gasteiger partial charge in [-0.25, -0.2) is 0 Å². The molecule has 2 aliphatic heterocycles. The predicted molar refractivity (Wildman–Crippen MR) is 110 cm³/mol. The first-order valence-corrected chi connectivity index (χ1v) is 9.69. The van der Waals surface area contributed by atoms with Crippen LogP contribution in [0.15, 0.2) is 48.5 Å². The highest BCUT2D eigenvalue weighted by atomic mass is 16.5. The van der Waals surface area contributed by atoms with E-state index < -0.39 is 5.92 Å². The molecule has 7 heteroatoms. The number of benzene rings is 2. The first kappa shape index (κ1) is 19.0. The second-order valence-electron chi connectivity index (χ2n) is 7.14. The minimum absolute atomic E-state index is 0.0700. The fourth-order valence-electron chi connectivity index (χ4n) is 3.80. The van der Waals surface area contributed by atoms with Gasteiger partial charge < -0.3 is 19.9 Å². The van der Waals surface area contributed by atoms with Crippen LogP contribution in [0.4, 0.5) is 17.1 Å². The van der Waals surface area contributed by atoms with Crippen molar-refractivity contribution in [1.82, 2.24) is 0 Å². The highest BCUT2D eigenvalue weighted by Gasteiger charge is 2.36. The predicted octanol–water partition coefficient (Wildman–Crippen LogP) is 2.39. The zero-order valence-corrected chi connectivity index (χ0v) is 16.0. The number of rotatable bonds is 4. The molecule has 0 radical (unpaired) electrons. The topological polar surface area (TPSA) is 85.7 Å². The number of carbonyl (C=O) groups is 2. The number of morpholine rings is 1. The second-order valence-corrected chi connectivity index (χ2v) is 7.14. The molecule has 7 nitrogen and oxygen atoms in total. The van der Waals surface area contributed by atoms with Gasteiger partial charge in [0, 0.05) is 26.1 Å². The van der Waals surface area contributed by atoms with E-state index in [1.807, 2.05) is 24.3 Å². The van der Waals surface area contributed by atoms with E-state index >= 15 is 0 Å². The van der Waals surface area contributed by atoms with Crippen molar-refractivity contribution in [2.24, 2.45) is 5.92 Å². The molecule has 0 aromatic heterocycles. The van der Waals surface area contributed by atoms with E-state index in [2.05, 4.69) is 16.3 Å². The third-order valence-corrected chi connectivity index (χ3v) is 5.33. The smallest absolute Gasteiger partial charge is 0.229 e. The van der Waals surface area contributed by atoms with Crippen LogP contribution in [0, 0.1) is 17.2 Å². The van der Waals surface area contributed by atoms with E-state index in [1.165, 1.54) is 0 Å². The van der Waals surface area contributed by atoms with Crippen LogP contribution < -0.4 is 15.1 Å². The highest BCUT2D eigenvalue weighted by Crippen LogP contribution is 2.34. The molecule has 2 aromatic rings. The van der Waals surface area contributed by atoms with E-state index in [-0.39, 0.29) is 18.2 Å². The summed E-state index contributed by atoms with van der Waals surface area (Å²) in [5, 5.41) is 12.0. The average molecular weight is 390 g/mol. The van der Waals surface area contributed by atoms with Gasteiger partial charge in [0.2, 0.25) is 11.8 Å². The van der Waals surface area contributed by atoms with Crippen molar-refractivity contribution < 1.29 is 14.3 Å². The van der Waals surface area contributed by atoms with E-state index in [0.717, 1.165) is 24.5 Å². The van der Waals surface area contributed by atoms with Crippen molar-refractivity contribution in [3.05, 3.63) is 54.1 Å². The van der Waals surface area contributed by atoms with Crippen molar-refractivity contribution in [2.75, 3.05) is 48.0 Å². The number of para-hydroxylation sites is 3. The number of nitrogens with zero attached hydrogens (tertiary/aromatic N) is 3. The van der Waals surface area contributed by atoms with Gasteiger partial charge in [-0.2, -0.15) is 5.26 Å². The third-order valence-electron chi connectivity index (χ3n) is 5.33. The standard InChI is InChI=1S/C22H22N4O3/c23-14-16-5-1-2-6-18(16)24-22(28)17-13-21(27)26(15-17)20-8-4-3-7-19(20)25-9-11-29-12-10-25/h1-8,17H,9-13,15H2,(H,24,28). The zero-order valence-electron chi connectivity index (χ0n) is 16.0. The molecule has 1 unspecified atom stereocenters. The SMILES string of the molecule is N#Cc1ccccc1NC(=O)C1CC(=O)N(c2ccccc2N2CCOCC2)C1. The van der Waals surface area contributed by atoms with Crippen LogP contribution >= 0.6 is 0 Å². The van der Waals surface area contributed by atoms with Gasteiger partial charge in [-0.3, -0.25) is 9.59 Å². The first-order chi connectivity index (χ1) is 14.2. The van der Waals surface area contributed by atoms with Crippen LogP contribution in [0.5, 0.6) is 0 Å². The van der Waals surface area contributed by atoms with Crippen LogP contribution in [0.25, 0.3) is 0 Å². The Balaban J connectivity index is 1.51. The van der Waals surface area contributed by atoms with Crippen LogP contribution in [-0.4, -0.2) is 44.7 Å². The molecule has 2 saturated heterocycles. The number of anilines is 3. The summed E-state index contributed by atoms with van der Waals surface area (Å²) in [7, 11) is 0. The molecule has 0 saturated carbocycles. The van der Waals surface area contributed by atoms with Gasteiger partial charge in [-0.15, -0.1) is 0 Å². The van der Waals surface area contributed by atoms with Gasteiger partial charge in [0.05, 0.1) is 41.8 Å². The summed E-state index contributed by atoms with van der Waals surface area (Å²) in [5.41, 5.74) is 2.69. The summed E-state index contributed by atoms with van der Waals surface area (Å²) in [4.78, 5) is 29.4. The largest absolute Gasteiger partial charge is 0.378 e. The van der Waals surface area contributed by atoms with Gasteiger partial charge >= 0.3 is 0 Å². The molecule has 0 spiro atoms. The molecule has 1 N–H and O–H groups in total. The number of ether oxygens (including phenoxy) is 1. The maximum absolute atomic E-state index is 12.8. The Morgan fingerprint density at radius 3 is 2.52 bits per heavy atom. The Labute approximate surface area is 169 Å². The Hall–Kier alpha value is -3.37. The minimum atomic E-state index is -0.466. The lowest BCUT2D eigenvalue weighted by Gasteiger charge is -2.32. The molecule has 1 atom stereocenters. The Morgan fingerprint density at radius 1 is 1.07 bits per heavy atom. The number of hydrogen-bond acceptors (Lipinski definition) is 5.